The lowest BCUT2D eigenvalue weighted by Crippen LogP contribution is -1.82. The van der Waals surface area contributed by atoms with E-state index in [4.69, 9.17) is 0 Å². The fourth-order valence-corrected chi connectivity index (χ4v) is 0.965. The van der Waals surface area contributed by atoms with Gasteiger partial charge in [-0.3, -0.25) is 4.40 Å². The summed E-state index contributed by atoms with van der Waals surface area (Å²) in [5.41, 5.74) is 1.92. The molecule has 3 nitrogen and oxygen atoms in total. The third-order valence-corrected chi connectivity index (χ3v) is 1.55. The smallest absolute Gasteiger partial charge is 0.160 e. The van der Waals surface area contributed by atoms with E-state index < -0.39 is 0 Å². The molecule has 0 aliphatic carbocycles. The predicted octanol–water partition coefficient (Wildman–Crippen LogP) is 1.37. The van der Waals surface area contributed by atoms with E-state index in [1.54, 1.807) is 12.4 Å². The Morgan fingerprint density at radius 2 is 2.36 bits per heavy atom. The number of rotatable bonds is 1. The zero-order chi connectivity index (χ0) is 7.68. The van der Waals surface area contributed by atoms with Crippen LogP contribution in [0.15, 0.2) is 31.2 Å². The maximum absolute atomic E-state index is 3.87. The standard InChI is InChI=1S/C8H7N3/c1-2-7-3-4-8-10-9-6-11(8)5-7/h2-6H,1H2. The molecule has 0 atom stereocenters. The molecule has 2 rings (SSSR count). The van der Waals surface area contributed by atoms with Crippen molar-refractivity contribution >= 4 is 11.7 Å². The van der Waals surface area contributed by atoms with Gasteiger partial charge in [0.15, 0.2) is 5.65 Å². The van der Waals surface area contributed by atoms with Crippen molar-refractivity contribution in [1.29, 1.82) is 0 Å². The van der Waals surface area contributed by atoms with Crippen molar-refractivity contribution in [2.75, 3.05) is 0 Å². The van der Waals surface area contributed by atoms with Gasteiger partial charge < -0.3 is 0 Å². The molecule has 54 valence electrons. The summed E-state index contributed by atoms with van der Waals surface area (Å²) in [7, 11) is 0. The van der Waals surface area contributed by atoms with Crippen molar-refractivity contribution in [1.82, 2.24) is 14.6 Å². The predicted molar refractivity (Wildman–Crippen MR) is 43.1 cm³/mol. The zero-order valence-corrected chi connectivity index (χ0v) is 5.94. The van der Waals surface area contributed by atoms with E-state index in [0.717, 1.165) is 11.2 Å². The quantitative estimate of drug-likeness (QED) is 0.606. The number of pyridine rings is 1. The minimum Gasteiger partial charge on any atom is -0.288 e. The number of aromatic nitrogens is 3. The van der Waals surface area contributed by atoms with Crippen LogP contribution in [0.1, 0.15) is 5.56 Å². The molecule has 2 heterocycles. The summed E-state index contributed by atoms with van der Waals surface area (Å²) in [4.78, 5) is 0. The Bertz CT molecular complexity index is 389. The van der Waals surface area contributed by atoms with E-state index in [-0.39, 0.29) is 0 Å². The van der Waals surface area contributed by atoms with Gasteiger partial charge in [-0.1, -0.05) is 12.7 Å². The lowest BCUT2D eigenvalue weighted by atomic mass is 10.3. The van der Waals surface area contributed by atoms with Crippen LogP contribution in [0.2, 0.25) is 0 Å². The average molecular weight is 145 g/mol. The molecule has 0 aromatic carbocycles. The number of hydrogen-bond donors (Lipinski definition) is 0. The average Bonchev–Trinajstić information content (AvgIpc) is 2.50. The molecular weight excluding hydrogens is 138 g/mol. The highest BCUT2D eigenvalue weighted by Crippen LogP contribution is 2.03. The number of hydrogen-bond acceptors (Lipinski definition) is 2. The van der Waals surface area contributed by atoms with Crippen molar-refractivity contribution in [2.45, 2.75) is 0 Å². The molecule has 0 aliphatic rings. The van der Waals surface area contributed by atoms with Gasteiger partial charge in [0.2, 0.25) is 0 Å². The largest absolute Gasteiger partial charge is 0.288 e. The molecule has 0 amide bonds. The summed E-state index contributed by atoms with van der Waals surface area (Å²) in [6.07, 6.45) is 5.39. The summed E-state index contributed by atoms with van der Waals surface area (Å²) >= 11 is 0. The molecule has 0 N–H and O–H groups in total. The molecule has 2 aromatic heterocycles. The van der Waals surface area contributed by atoms with Gasteiger partial charge in [-0.25, -0.2) is 0 Å². The Morgan fingerprint density at radius 3 is 3.18 bits per heavy atom. The van der Waals surface area contributed by atoms with Gasteiger partial charge in [-0.05, 0) is 17.7 Å². The summed E-state index contributed by atoms with van der Waals surface area (Å²) in [5, 5.41) is 7.63. The summed E-state index contributed by atoms with van der Waals surface area (Å²) in [6.45, 7) is 3.67. The van der Waals surface area contributed by atoms with E-state index >= 15 is 0 Å². The maximum Gasteiger partial charge on any atom is 0.160 e. The molecule has 0 saturated carbocycles. The highest BCUT2D eigenvalue weighted by Gasteiger charge is 1.92. The Labute approximate surface area is 64.0 Å². The molecule has 0 radical (unpaired) electrons. The van der Waals surface area contributed by atoms with E-state index in [1.807, 2.05) is 22.7 Å². The fraction of sp³-hybridized carbons (Fsp3) is 0. The van der Waals surface area contributed by atoms with Crippen molar-refractivity contribution in [3.05, 3.63) is 36.8 Å². The van der Waals surface area contributed by atoms with Crippen LogP contribution in [0.4, 0.5) is 0 Å². The molecule has 0 fully saturated rings. The monoisotopic (exact) mass is 145 g/mol. The third kappa shape index (κ3) is 0.902. The van der Waals surface area contributed by atoms with Crippen LogP contribution in [0.5, 0.6) is 0 Å². The normalized spacial score (nSPS) is 10.2. The second kappa shape index (κ2) is 2.20. The SMILES string of the molecule is C=Cc1ccc2nncn2c1. The van der Waals surface area contributed by atoms with Crippen molar-refractivity contribution < 1.29 is 0 Å². The Balaban J connectivity index is 2.76. The van der Waals surface area contributed by atoms with Crippen LogP contribution in [0.25, 0.3) is 11.7 Å². The van der Waals surface area contributed by atoms with Crippen molar-refractivity contribution in [3.8, 4) is 0 Å². The minimum atomic E-state index is 0.857. The maximum atomic E-state index is 3.87. The van der Waals surface area contributed by atoms with Gasteiger partial charge in [0.1, 0.15) is 6.33 Å². The van der Waals surface area contributed by atoms with Crippen LogP contribution in [-0.4, -0.2) is 14.6 Å². The molecule has 3 heteroatoms. The van der Waals surface area contributed by atoms with Crippen LogP contribution in [-0.2, 0) is 0 Å². The number of fused-ring (bicyclic) bond motifs is 1. The number of nitrogens with zero attached hydrogens (tertiary/aromatic N) is 3. The summed E-state index contributed by atoms with van der Waals surface area (Å²) in [6, 6.07) is 3.86. The molecule has 0 spiro atoms. The van der Waals surface area contributed by atoms with Crippen LogP contribution < -0.4 is 0 Å². The Morgan fingerprint density at radius 1 is 1.45 bits per heavy atom. The first-order valence-corrected chi connectivity index (χ1v) is 3.32. The zero-order valence-electron chi connectivity index (χ0n) is 5.94. The Hall–Kier alpha value is -1.64. The molecule has 11 heavy (non-hydrogen) atoms. The van der Waals surface area contributed by atoms with Gasteiger partial charge in [-0.2, -0.15) is 0 Å². The van der Waals surface area contributed by atoms with Crippen molar-refractivity contribution in [3.63, 3.8) is 0 Å². The molecule has 0 bridgehead atoms. The highest BCUT2D eigenvalue weighted by molar-refractivity contribution is 5.49. The van der Waals surface area contributed by atoms with E-state index in [2.05, 4.69) is 16.8 Å². The van der Waals surface area contributed by atoms with E-state index in [1.165, 1.54) is 0 Å². The first-order chi connectivity index (χ1) is 5.40. The first-order valence-electron chi connectivity index (χ1n) is 3.32. The van der Waals surface area contributed by atoms with Gasteiger partial charge in [0.05, 0.1) is 0 Å². The fourth-order valence-electron chi connectivity index (χ4n) is 0.965. The van der Waals surface area contributed by atoms with E-state index in [9.17, 15) is 0 Å². The summed E-state index contributed by atoms with van der Waals surface area (Å²) < 4.78 is 1.86. The second-order valence-electron chi connectivity index (χ2n) is 2.26. The first kappa shape index (κ1) is 6.09. The van der Waals surface area contributed by atoms with Gasteiger partial charge in [0.25, 0.3) is 0 Å². The lowest BCUT2D eigenvalue weighted by molar-refractivity contribution is 1.10. The molecule has 0 unspecified atom stereocenters. The second-order valence-corrected chi connectivity index (χ2v) is 2.26. The topological polar surface area (TPSA) is 30.2 Å². The van der Waals surface area contributed by atoms with Gasteiger partial charge in [-0.15, -0.1) is 10.2 Å². The van der Waals surface area contributed by atoms with Crippen LogP contribution in [0, 0.1) is 0 Å². The molecule has 0 aliphatic heterocycles. The highest BCUT2D eigenvalue weighted by atomic mass is 15.2. The summed E-state index contributed by atoms with van der Waals surface area (Å²) in [5.74, 6) is 0. The Kier molecular flexibility index (Phi) is 1.22. The van der Waals surface area contributed by atoms with Gasteiger partial charge in [0, 0.05) is 6.20 Å². The lowest BCUT2D eigenvalue weighted by Gasteiger charge is -1.92. The van der Waals surface area contributed by atoms with E-state index in [0.29, 0.717) is 0 Å². The minimum absolute atomic E-state index is 0.857. The third-order valence-electron chi connectivity index (χ3n) is 1.55. The molecular formula is C8H7N3. The molecule has 2 aromatic rings. The van der Waals surface area contributed by atoms with Gasteiger partial charge >= 0.3 is 0 Å². The van der Waals surface area contributed by atoms with Crippen LogP contribution >= 0.6 is 0 Å². The van der Waals surface area contributed by atoms with Crippen LogP contribution in [0.3, 0.4) is 0 Å². The molecule has 0 saturated heterocycles. The van der Waals surface area contributed by atoms with Crippen molar-refractivity contribution in [2.24, 2.45) is 0 Å².